The molecule has 0 spiro atoms. The Labute approximate surface area is 497 Å². The third kappa shape index (κ3) is 8.17. The lowest BCUT2D eigenvalue weighted by Gasteiger charge is -2.31. The van der Waals surface area contributed by atoms with Crippen LogP contribution in [0.2, 0.25) is 0 Å². The fourth-order valence-electron chi connectivity index (χ4n) is 14.2. The van der Waals surface area contributed by atoms with Gasteiger partial charge in [-0.3, -0.25) is 0 Å². The van der Waals surface area contributed by atoms with Gasteiger partial charge in [-0.25, -0.2) is 0 Å². The molecular weight excluding hydrogens is 1030 g/mol. The quantitative estimate of drug-likeness (QED) is 0.135. The van der Waals surface area contributed by atoms with Gasteiger partial charge in [-0.2, -0.15) is 0 Å². The summed E-state index contributed by atoms with van der Waals surface area (Å²) < 4.78 is 2.45. The number of hydrogen-bond donors (Lipinski definition) is 0. The molecule has 0 N–H and O–H groups in total. The van der Waals surface area contributed by atoms with Gasteiger partial charge in [0.2, 0.25) is 0 Å². The lowest BCUT2D eigenvalue weighted by molar-refractivity contribution is 0.660. The molecule has 0 aliphatic heterocycles. The van der Waals surface area contributed by atoms with E-state index in [0.29, 0.717) is 0 Å². The minimum Gasteiger partial charge on any atom is -0.311 e. The Morgan fingerprint density at radius 1 is 0.247 bits per heavy atom. The van der Waals surface area contributed by atoms with Crippen molar-refractivity contribution in [2.75, 3.05) is 9.80 Å². The summed E-state index contributed by atoms with van der Waals surface area (Å²) in [7, 11) is 0. The van der Waals surface area contributed by atoms with Gasteiger partial charge in [0.25, 0.3) is 0 Å². The summed E-state index contributed by atoms with van der Waals surface area (Å²) in [5.41, 5.74) is 27.6. The molecule has 14 aromatic rings. The first-order valence-electron chi connectivity index (χ1n) is 29.7. The highest BCUT2D eigenvalue weighted by molar-refractivity contribution is 6.12. The topological polar surface area (TPSA) is 11.4 Å². The second kappa shape index (κ2) is 19.6. The van der Waals surface area contributed by atoms with E-state index in [1.165, 1.54) is 116 Å². The van der Waals surface area contributed by atoms with Crippen LogP contribution >= 0.6 is 0 Å². The zero-order valence-corrected chi connectivity index (χ0v) is 48.1. The maximum absolute atomic E-state index is 2.48. The normalized spacial score (nSPS) is 13.4. The second-order valence-electron chi connectivity index (χ2n) is 24.1. The fourth-order valence-corrected chi connectivity index (χ4v) is 14.2. The van der Waals surface area contributed by atoms with Crippen molar-refractivity contribution in [1.82, 2.24) is 4.57 Å². The zero-order chi connectivity index (χ0) is 57.0. The fraction of sp³-hybridized carbons (Fsp3) is 0.0732. The van der Waals surface area contributed by atoms with Crippen LogP contribution < -0.4 is 9.80 Å². The number of fused-ring (bicyclic) bond motifs is 10. The van der Waals surface area contributed by atoms with Crippen LogP contribution in [-0.4, -0.2) is 4.57 Å². The highest BCUT2D eigenvalue weighted by Crippen LogP contribution is 2.54. The smallest absolute Gasteiger partial charge is 0.0541 e. The van der Waals surface area contributed by atoms with Crippen LogP contribution in [0.3, 0.4) is 0 Å². The van der Waals surface area contributed by atoms with Crippen molar-refractivity contribution in [1.29, 1.82) is 0 Å². The minimum absolute atomic E-state index is 0.165. The maximum atomic E-state index is 2.48. The second-order valence-corrected chi connectivity index (χ2v) is 24.1. The molecule has 1 aromatic heterocycles. The van der Waals surface area contributed by atoms with Crippen molar-refractivity contribution in [3.8, 4) is 61.3 Å². The largest absolute Gasteiger partial charge is 0.311 e. The van der Waals surface area contributed by atoms with E-state index in [1.54, 1.807) is 0 Å². The van der Waals surface area contributed by atoms with Gasteiger partial charge >= 0.3 is 0 Å². The molecular formula is C82H61N3. The van der Waals surface area contributed by atoms with Gasteiger partial charge in [0.05, 0.1) is 16.7 Å². The van der Waals surface area contributed by atoms with Crippen molar-refractivity contribution in [2.45, 2.75) is 38.5 Å². The minimum atomic E-state index is -0.283. The summed E-state index contributed by atoms with van der Waals surface area (Å²) in [6.45, 7) is 9.57. The summed E-state index contributed by atoms with van der Waals surface area (Å²) >= 11 is 0. The number of benzene rings is 13. The van der Waals surface area contributed by atoms with Crippen LogP contribution in [-0.2, 0) is 10.8 Å². The van der Waals surface area contributed by atoms with Crippen LogP contribution in [0.15, 0.2) is 297 Å². The lowest BCUT2D eigenvalue weighted by atomic mass is 9.81. The van der Waals surface area contributed by atoms with Crippen LogP contribution in [0, 0.1) is 0 Å². The van der Waals surface area contributed by atoms with Crippen molar-refractivity contribution in [3.05, 3.63) is 320 Å². The Morgan fingerprint density at radius 2 is 0.635 bits per heavy atom. The van der Waals surface area contributed by atoms with Gasteiger partial charge in [-0.15, -0.1) is 0 Å². The third-order valence-electron chi connectivity index (χ3n) is 18.6. The van der Waals surface area contributed by atoms with Gasteiger partial charge in [0.1, 0.15) is 0 Å². The van der Waals surface area contributed by atoms with Crippen molar-refractivity contribution in [2.24, 2.45) is 0 Å². The average molecular weight is 1090 g/mol. The molecule has 13 aromatic carbocycles. The van der Waals surface area contributed by atoms with Gasteiger partial charge in [0.15, 0.2) is 0 Å². The molecule has 0 saturated carbocycles. The molecule has 2 aliphatic rings. The Morgan fingerprint density at radius 3 is 1.25 bits per heavy atom. The summed E-state index contributed by atoms with van der Waals surface area (Å²) in [5.74, 6) is 0. The van der Waals surface area contributed by atoms with Gasteiger partial charge in [-0.05, 0) is 186 Å². The van der Waals surface area contributed by atoms with Crippen LogP contribution in [0.5, 0.6) is 0 Å². The molecule has 0 unspecified atom stereocenters. The average Bonchev–Trinajstić information content (AvgIpc) is 2.58. The van der Waals surface area contributed by atoms with Gasteiger partial charge in [0, 0.05) is 61.1 Å². The molecule has 16 rings (SSSR count). The highest BCUT2D eigenvalue weighted by atomic mass is 15.2. The Hall–Kier alpha value is -10.5. The molecule has 3 heteroatoms. The van der Waals surface area contributed by atoms with E-state index in [1.807, 2.05) is 0 Å². The van der Waals surface area contributed by atoms with E-state index in [0.717, 1.165) is 34.1 Å². The molecule has 0 radical (unpaired) electrons. The number of anilines is 6. The van der Waals surface area contributed by atoms with Crippen molar-refractivity contribution >= 4 is 66.7 Å². The zero-order valence-electron chi connectivity index (χ0n) is 48.1. The molecule has 404 valence electrons. The number of hydrogen-bond acceptors (Lipinski definition) is 2. The van der Waals surface area contributed by atoms with Crippen molar-refractivity contribution < 1.29 is 0 Å². The van der Waals surface area contributed by atoms with E-state index in [9.17, 15) is 0 Å². The number of aromatic nitrogens is 1. The molecule has 1 heterocycles. The summed E-state index contributed by atoms with van der Waals surface area (Å²) in [6, 6.07) is 110. The molecule has 0 bridgehead atoms. The molecule has 0 amide bonds. The SMILES string of the molecule is CC1(C)c2ccccc2-c2ccc(N(c3ccc(N(c4ccc(-c5ccccc5)cc4)c4ccc(-c5ccccc5)cc4)cc3)c3ccc4c(c3)C(C)(C)c3cc(-c5ccc6c(c5)c5ccccc5n6-c5cccc6ccccc56)ccc3-4)cc21. The standard InChI is InChI=1S/C82H61N3/c1-81(2)74-27-15-13-25-68(74)70-47-44-65(52-76(70)81)84(64-42-40-63(41-43-64)83(61-36-30-56(31-37-61)54-18-7-5-8-19-54)62-38-32-57(33-39-62)55-20-9-6-10-21-55)66-45-48-71-69-46-34-60(51-75(69)82(3,4)77(71)53-66)59-35-49-80-73(50-59)72-26-14-16-28-79(72)85(80)78-29-17-23-58-22-11-12-24-67(58)78/h5-53H,1-4H3. The summed E-state index contributed by atoms with van der Waals surface area (Å²) in [5, 5.41) is 4.99. The Bertz CT molecular complexity index is 4830. The highest BCUT2D eigenvalue weighted by Gasteiger charge is 2.38. The maximum Gasteiger partial charge on any atom is 0.0541 e. The van der Waals surface area contributed by atoms with Crippen LogP contribution in [0.1, 0.15) is 49.9 Å². The lowest BCUT2D eigenvalue weighted by Crippen LogP contribution is -2.18. The third-order valence-corrected chi connectivity index (χ3v) is 18.6. The van der Waals surface area contributed by atoms with Gasteiger partial charge < -0.3 is 14.4 Å². The number of rotatable bonds is 10. The Balaban J connectivity index is 0.789. The van der Waals surface area contributed by atoms with Gasteiger partial charge in [-0.1, -0.05) is 222 Å². The molecule has 0 saturated heterocycles. The van der Waals surface area contributed by atoms with E-state index in [-0.39, 0.29) is 10.8 Å². The number of para-hydroxylation sites is 1. The first-order chi connectivity index (χ1) is 41.7. The van der Waals surface area contributed by atoms with E-state index in [4.69, 9.17) is 0 Å². The molecule has 3 nitrogen and oxygen atoms in total. The monoisotopic (exact) mass is 1090 g/mol. The van der Waals surface area contributed by atoms with E-state index < -0.39 is 0 Å². The molecule has 2 aliphatic carbocycles. The van der Waals surface area contributed by atoms with Crippen LogP contribution in [0.25, 0.3) is 93.9 Å². The first kappa shape index (κ1) is 50.3. The first-order valence-corrected chi connectivity index (χ1v) is 29.7. The molecule has 0 fully saturated rings. The van der Waals surface area contributed by atoms with E-state index in [2.05, 4.69) is 339 Å². The number of nitrogens with zero attached hydrogens (tertiary/aromatic N) is 3. The molecule has 85 heavy (non-hydrogen) atoms. The predicted octanol–water partition coefficient (Wildman–Crippen LogP) is 22.5. The summed E-state index contributed by atoms with van der Waals surface area (Å²) in [6.07, 6.45) is 0. The van der Waals surface area contributed by atoms with E-state index >= 15 is 0 Å². The Kier molecular flexibility index (Phi) is 11.6. The summed E-state index contributed by atoms with van der Waals surface area (Å²) in [4.78, 5) is 4.85. The van der Waals surface area contributed by atoms with Crippen LogP contribution in [0.4, 0.5) is 34.1 Å². The molecule has 0 atom stereocenters. The predicted molar refractivity (Wildman–Crippen MR) is 359 cm³/mol. The van der Waals surface area contributed by atoms with Crippen molar-refractivity contribution in [3.63, 3.8) is 0 Å².